The van der Waals surface area contributed by atoms with Crippen LogP contribution in [0.3, 0.4) is 0 Å². The van der Waals surface area contributed by atoms with Crippen molar-refractivity contribution in [3.63, 3.8) is 0 Å². The van der Waals surface area contributed by atoms with Gasteiger partial charge in [0.05, 0.1) is 6.20 Å². The largest absolute Gasteiger partial charge is 0.345 e. The van der Waals surface area contributed by atoms with Crippen molar-refractivity contribution in [3.05, 3.63) is 29.8 Å². The van der Waals surface area contributed by atoms with E-state index in [1.807, 2.05) is 7.05 Å². The predicted octanol–water partition coefficient (Wildman–Crippen LogP) is 1.55. The van der Waals surface area contributed by atoms with E-state index in [1.165, 1.54) is 12.1 Å². The summed E-state index contributed by atoms with van der Waals surface area (Å²) in [6, 6.07) is 2.78. The van der Waals surface area contributed by atoms with Crippen LogP contribution in [-0.2, 0) is 4.79 Å². The van der Waals surface area contributed by atoms with Gasteiger partial charge in [0.2, 0.25) is 5.91 Å². The first kappa shape index (κ1) is 14.9. The lowest BCUT2D eigenvalue weighted by Gasteiger charge is -2.31. The zero-order chi connectivity index (χ0) is 15.9. The summed E-state index contributed by atoms with van der Waals surface area (Å²) in [5.74, 6) is 0.376. The summed E-state index contributed by atoms with van der Waals surface area (Å²) in [5.41, 5.74) is 0.256. The van der Waals surface area contributed by atoms with Gasteiger partial charge in [-0.1, -0.05) is 0 Å². The highest BCUT2D eigenvalue weighted by Crippen LogP contribution is 2.40. The van der Waals surface area contributed by atoms with Gasteiger partial charge in [0, 0.05) is 33.1 Å². The number of piperidine rings is 1. The maximum absolute atomic E-state index is 12.9. The normalized spacial score (nSPS) is 27.7. The first-order valence-corrected chi connectivity index (χ1v) is 7.58. The molecule has 3 rings (SSSR count). The first-order valence-electron chi connectivity index (χ1n) is 7.58. The standard InChI is InChI=1S/C16H20FN3O2/c1-19-9-11-6-13(5-10(11)7-15(19)21)20(2)16(22)14-4-3-12(17)8-18-14/h3-4,8,10-11,13H,5-7,9H2,1-2H3/t10-,11+,13-/m0/s1. The van der Waals surface area contributed by atoms with Crippen molar-refractivity contribution >= 4 is 11.8 Å². The fraction of sp³-hybridized carbons (Fsp3) is 0.562. The van der Waals surface area contributed by atoms with Crippen LogP contribution in [0, 0.1) is 17.7 Å². The van der Waals surface area contributed by atoms with Gasteiger partial charge in [-0.15, -0.1) is 0 Å². The molecule has 3 atom stereocenters. The molecular weight excluding hydrogens is 285 g/mol. The molecule has 0 unspecified atom stereocenters. The van der Waals surface area contributed by atoms with E-state index in [2.05, 4.69) is 4.98 Å². The highest BCUT2D eigenvalue weighted by atomic mass is 19.1. The van der Waals surface area contributed by atoms with Gasteiger partial charge in [-0.25, -0.2) is 9.37 Å². The van der Waals surface area contributed by atoms with Gasteiger partial charge in [-0.2, -0.15) is 0 Å². The molecule has 0 radical (unpaired) electrons. The van der Waals surface area contributed by atoms with Gasteiger partial charge in [-0.3, -0.25) is 9.59 Å². The molecule has 2 amide bonds. The van der Waals surface area contributed by atoms with Crippen molar-refractivity contribution in [3.8, 4) is 0 Å². The van der Waals surface area contributed by atoms with E-state index in [1.54, 1.807) is 16.8 Å². The van der Waals surface area contributed by atoms with E-state index in [-0.39, 0.29) is 23.6 Å². The molecule has 1 aromatic rings. The summed E-state index contributed by atoms with van der Waals surface area (Å²) in [4.78, 5) is 31.6. The lowest BCUT2D eigenvalue weighted by molar-refractivity contribution is -0.134. The molecule has 0 N–H and O–H groups in total. The van der Waals surface area contributed by atoms with Crippen molar-refractivity contribution in [2.24, 2.45) is 11.8 Å². The van der Waals surface area contributed by atoms with Crippen LogP contribution in [0.1, 0.15) is 29.8 Å². The molecule has 0 aromatic carbocycles. The highest BCUT2D eigenvalue weighted by molar-refractivity contribution is 5.92. The summed E-state index contributed by atoms with van der Waals surface area (Å²) in [6.07, 6.45) is 3.40. The number of carbonyl (C=O) groups excluding carboxylic acids is 2. The number of halogens is 1. The molecule has 1 aliphatic carbocycles. The predicted molar refractivity (Wildman–Crippen MR) is 78.5 cm³/mol. The third kappa shape index (κ3) is 2.69. The topological polar surface area (TPSA) is 53.5 Å². The molecule has 1 saturated heterocycles. The minimum Gasteiger partial charge on any atom is -0.345 e. The van der Waals surface area contributed by atoms with E-state index >= 15 is 0 Å². The molecular formula is C16H20FN3O2. The molecule has 2 aliphatic rings. The quantitative estimate of drug-likeness (QED) is 0.833. The fourth-order valence-corrected chi connectivity index (χ4v) is 3.65. The van der Waals surface area contributed by atoms with Crippen LogP contribution >= 0.6 is 0 Å². The second-order valence-electron chi connectivity index (χ2n) is 6.40. The molecule has 2 heterocycles. The van der Waals surface area contributed by atoms with Crippen LogP contribution in [-0.4, -0.2) is 53.3 Å². The number of amides is 2. The Bertz CT molecular complexity index is 590. The van der Waals surface area contributed by atoms with Gasteiger partial charge >= 0.3 is 0 Å². The summed E-state index contributed by atoms with van der Waals surface area (Å²) < 4.78 is 12.9. The maximum Gasteiger partial charge on any atom is 0.272 e. The van der Waals surface area contributed by atoms with Crippen LogP contribution < -0.4 is 0 Å². The summed E-state index contributed by atoms with van der Waals surface area (Å²) in [6.45, 7) is 0.775. The maximum atomic E-state index is 12.9. The molecule has 22 heavy (non-hydrogen) atoms. The van der Waals surface area contributed by atoms with Crippen LogP contribution in [0.25, 0.3) is 0 Å². The summed E-state index contributed by atoms with van der Waals surface area (Å²) >= 11 is 0. The molecule has 0 spiro atoms. The number of hydrogen-bond donors (Lipinski definition) is 0. The zero-order valence-corrected chi connectivity index (χ0v) is 12.8. The lowest BCUT2D eigenvalue weighted by Crippen LogP contribution is -2.40. The smallest absolute Gasteiger partial charge is 0.272 e. The molecule has 118 valence electrons. The molecule has 5 nitrogen and oxygen atoms in total. The second-order valence-corrected chi connectivity index (χ2v) is 6.40. The fourth-order valence-electron chi connectivity index (χ4n) is 3.65. The molecule has 1 aromatic heterocycles. The Kier molecular flexibility index (Phi) is 3.85. The van der Waals surface area contributed by atoms with Crippen molar-refractivity contribution in [2.45, 2.75) is 25.3 Å². The van der Waals surface area contributed by atoms with E-state index in [9.17, 15) is 14.0 Å². The van der Waals surface area contributed by atoms with Gasteiger partial charge in [0.15, 0.2) is 0 Å². The molecule has 1 saturated carbocycles. The van der Waals surface area contributed by atoms with Crippen molar-refractivity contribution in [1.29, 1.82) is 0 Å². The van der Waals surface area contributed by atoms with Gasteiger partial charge in [-0.05, 0) is 36.8 Å². The van der Waals surface area contributed by atoms with Crippen molar-refractivity contribution < 1.29 is 14.0 Å². The Labute approximate surface area is 129 Å². The Morgan fingerprint density at radius 3 is 2.77 bits per heavy atom. The van der Waals surface area contributed by atoms with E-state index in [0.717, 1.165) is 25.6 Å². The molecule has 1 aliphatic heterocycles. The third-order valence-corrected chi connectivity index (χ3v) is 5.00. The Hall–Kier alpha value is -1.98. The van der Waals surface area contributed by atoms with Gasteiger partial charge < -0.3 is 9.80 Å². The Balaban J connectivity index is 1.68. The Morgan fingerprint density at radius 2 is 2.09 bits per heavy atom. The minimum atomic E-state index is -0.451. The van der Waals surface area contributed by atoms with Crippen LogP contribution in [0.15, 0.2) is 18.3 Å². The lowest BCUT2D eigenvalue weighted by atomic mass is 9.88. The highest BCUT2D eigenvalue weighted by Gasteiger charge is 2.42. The number of aromatic nitrogens is 1. The van der Waals surface area contributed by atoms with Crippen LogP contribution in [0.2, 0.25) is 0 Å². The van der Waals surface area contributed by atoms with Crippen molar-refractivity contribution in [1.82, 2.24) is 14.8 Å². The number of rotatable bonds is 2. The summed E-state index contributed by atoms with van der Waals surface area (Å²) in [7, 11) is 3.60. The number of likely N-dealkylation sites (tertiary alicyclic amines) is 1. The van der Waals surface area contributed by atoms with Gasteiger partial charge in [0.25, 0.3) is 5.91 Å². The average molecular weight is 305 g/mol. The monoisotopic (exact) mass is 305 g/mol. The first-order chi connectivity index (χ1) is 10.5. The van der Waals surface area contributed by atoms with Crippen molar-refractivity contribution in [2.75, 3.05) is 20.6 Å². The number of pyridine rings is 1. The molecule has 2 fully saturated rings. The van der Waals surface area contributed by atoms with E-state index < -0.39 is 5.82 Å². The average Bonchev–Trinajstić information content (AvgIpc) is 2.90. The van der Waals surface area contributed by atoms with Crippen LogP contribution in [0.4, 0.5) is 4.39 Å². The zero-order valence-electron chi connectivity index (χ0n) is 12.8. The number of nitrogens with zero attached hydrogens (tertiary/aromatic N) is 3. The third-order valence-electron chi connectivity index (χ3n) is 5.00. The minimum absolute atomic E-state index is 0.119. The Morgan fingerprint density at radius 1 is 1.36 bits per heavy atom. The SMILES string of the molecule is CN1C[C@H]2C[C@@H](N(C)C(=O)c3ccc(F)cn3)C[C@H]2CC1=O. The number of carbonyl (C=O) groups is 2. The number of hydrogen-bond acceptors (Lipinski definition) is 3. The molecule has 6 heteroatoms. The summed E-state index contributed by atoms with van der Waals surface area (Å²) in [5, 5.41) is 0. The number of fused-ring (bicyclic) bond motifs is 1. The second kappa shape index (κ2) is 5.66. The van der Waals surface area contributed by atoms with Gasteiger partial charge in [0.1, 0.15) is 11.5 Å². The van der Waals surface area contributed by atoms with Crippen LogP contribution in [0.5, 0.6) is 0 Å². The molecule has 0 bridgehead atoms. The van der Waals surface area contributed by atoms with E-state index in [4.69, 9.17) is 0 Å². The van der Waals surface area contributed by atoms with E-state index in [0.29, 0.717) is 18.3 Å².